The number of nitrogens with zero attached hydrogens (tertiary/aromatic N) is 2. The van der Waals surface area contributed by atoms with E-state index < -0.39 is 10.0 Å². The number of hydrogen-bond donors (Lipinski definition) is 2. The van der Waals surface area contributed by atoms with Gasteiger partial charge >= 0.3 is 0 Å². The van der Waals surface area contributed by atoms with Gasteiger partial charge in [0, 0.05) is 40.9 Å². The molecule has 0 radical (unpaired) electrons. The van der Waals surface area contributed by atoms with Crippen molar-refractivity contribution in [2.75, 3.05) is 10.0 Å². The van der Waals surface area contributed by atoms with E-state index in [9.17, 15) is 8.42 Å². The van der Waals surface area contributed by atoms with Crippen LogP contribution in [0.2, 0.25) is 0 Å². The molecule has 0 aliphatic rings. The summed E-state index contributed by atoms with van der Waals surface area (Å²) >= 11 is 1.22. The summed E-state index contributed by atoms with van der Waals surface area (Å²) in [5.41, 5.74) is 2.35. The van der Waals surface area contributed by atoms with Gasteiger partial charge in [-0.25, -0.2) is 13.4 Å². The predicted molar refractivity (Wildman–Crippen MR) is 96.3 cm³/mol. The Bertz CT molecular complexity index is 922. The van der Waals surface area contributed by atoms with Crippen LogP contribution < -0.4 is 10.0 Å². The summed E-state index contributed by atoms with van der Waals surface area (Å²) < 4.78 is 27.0. The Morgan fingerprint density at radius 2 is 1.75 bits per heavy atom. The second-order valence-electron chi connectivity index (χ2n) is 4.81. The molecular formula is C16H14N4O2S2. The molecule has 24 heavy (non-hydrogen) atoms. The predicted octanol–water partition coefficient (Wildman–Crippen LogP) is 3.42. The summed E-state index contributed by atoms with van der Waals surface area (Å²) in [7, 11) is -3.64. The van der Waals surface area contributed by atoms with Crippen molar-refractivity contribution in [3.8, 4) is 0 Å². The molecule has 2 aromatic heterocycles. The number of anilines is 2. The molecule has 0 aliphatic heterocycles. The number of sulfonamides is 1. The molecule has 0 spiro atoms. The van der Waals surface area contributed by atoms with Crippen molar-refractivity contribution in [1.29, 1.82) is 0 Å². The van der Waals surface area contributed by atoms with E-state index in [1.807, 2.05) is 12.1 Å². The van der Waals surface area contributed by atoms with Crippen molar-refractivity contribution in [2.24, 2.45) is 0 Å². The van der Waals surface area contributed by atoms with Gasteiger partial charge in [0.15, 0.2) is 5.13 Å². The van der Waals surface area contributed by atoms with Crippen molar-refractivity contribution in [3.05, 3.63) is 72.5 Å². The van der Waals surface area contributed by atoms with Crippen molar-refractivity contribution in [2.45, 2.75) is 4.90 Å². The van der Waals surface area contributed by atoms with Gasteiger partial charge in [0.05, 0.1) is 4.90 Å². The van der Waals surface area contributed by atoms with E-state index in [1.165, 1.54) is 23.5 Å². The van der Waals surface area contributed by atoms with E-state index in [0.29, 0.717) is 10.8 Å². The van der Waals surface area contributed by atoms with Crippen LogP contribution in [-0.4, -0.2) is 18.4 Å². The first-order valence-corrected chi connectivity index (χ1v) is 9.29. The summed E-state index contributed by atoms with van der Waals surface area (Å²) in [5.74, 6) is 0. The molecule has 0 atom stereocenters. The monoisotopic (exact) mass is 358 g/mol. The van der Waals surface area contributed by atoms with E-state index in [0.717, 1.165) is 11.3 Å². The van der Waals surface area contributed by atoms with E-state index in [4.69, 9.17) is 0 Å². The lowest BCUT2D eigenvalue weighted by molar-refractivity contribution is 0.601. The van der Waals surface area contributed by atoms with Gasteiger partial charge in [-0.15, -0.1) is 11.3 Å². The molecule has 0 bridgehead atoms. The molecule has 3 aromatic rings. The van der Waals surface area contributed by atoms with Gasteiger partial charge < -0.3 is 5.32 Å². The van der Waals surface area contributed by atoms with Gasteiger partial charge in [-0.2, -0.15) is 0 Å². The van der Waals surface area contributed by atoms with Gasteiger partial charge in [0.25, 0.3) is 10.0 Å². The van der Waals surface area contributed by atoms with Gasteiger partial charge in [-0.3, -0.25) is 9.71 Å². The minimum absolute atomic E-state index is 0.165. The highest BCUT2D eigenvalue weighted by Crippen LogP contribution is 2.21. The van der Waals surface area contributed by atoms with Gasteiger partial charge in [0.1, 0.15) is 0 Å². The number of pyridine rings is 1. The maximum atomic E-state index is 12.3. The lowest BCUT2D eigenvalue weighted by Crippen LogP contribution is -2.12. The number of benzene rings is 1. The molecule has 0 fully saturated rings. The van der Waals surface area contributed by atoms with Crippen LogP contribution in [0.15, 0.2) is 71.8 Å². The van der Waals surface area contributed by atoms with Crippen LogP contribution >= 0.6 is 11.3 Å². The second kappa shape index (κ2) is 6.81. The van der Waals surface area contributed by atoms with Crippen LogP contribution in [-0.2, 0) is 10.0 Å². The SMILES string of the molecule is C=C(Nc1ccc(S(=O)(=O)Nc2nccs2)cc1)c1ccncc1. The van der Waals surface area contributed by atoms with Gasteiger partial charge in [0.2, 0.25) is 0 Å². The Hall–Kier alpha value is -2.71. The molecule has 0 amide bonds. The number of nitrogens with one attached hydrogen (secondary N) is 2. The lowest BCUT2D eigenvalue weighted by atomic mass is 10.2. The summed E-state index contributed by atoms with van der Waals surface area (Å²) in [4.78, 5) is 8.04. The van der Waals surface area contributed by atoms with E-state index in [2.05, 4.69) is 26.6 Å². The Balaban J connectivity index is 1.72. The smallest absolute Gasteiger partial charge is 0.263 e. The third kappa shape index (κ3) is 3.79. The average Bonchev–Trinajstić information content (AvgIpc) is 3.08. The molecular weight excluding hydrogens is 344 g/mol. The molecule has 8 heteroatoms. The standard InChI is InChI=1S/C16H14N4O2S2/c1-12(13-6-8-17-9-7-13)19-14-2-4-15(5-3-14)24(21,22)20-16-18-10-11-23-16/h2-11,19H,1H2,(H,18,20). The highest BCUT2D eigenvalue weighted by atomic mass is 32.2. The minimum atomic E-state index is -3.64. The number of rotatable bonds is 6. The largest absolute Gasteiger partial charge is 0.356 e. The summed E-state index contributed by atoms with van der Waals surface area (Å²) in [6.07, 6.45) is 4.91. The molecule has 6 nitrogen and oxygen atoms in total. The average molecular weight is 358 g/mol. The van der Waals surface area contributed by atoms with E-state index in [1.54, 1.807) is 36.1 Å². The Morgan fingerprint density at radius 3 is 2.38 bits per heavy atom. The number of hydrogen-bond acceptors (Lipinski definition) is 6. The molecule has 0 saturated heterocycles. The van der Waals surface area contributed by atoms with Crippen LogP contribution in [0, 0.1) is 0 Å². The van der Waals surface area contributed by atoms with Crippen molar-refractivity contribution in [3.63, 3.8) is 0 Å². The topological polar surface area (TPSA) is 84.0 Å². The summed E-state index contributed by atoms with van der Waals surface area (Å²) in [6, 6.07) is 10.1. The van der Waals surface area contributed by atoms with Gasteiger partial charge in [-0.05, 0) is 36.4 Å². The van der Waals surface area contributed by atoms with Crippen LogP contribution in [0.5, 0.6) is 0 Å². The van der Waals surface area contributed by atoms with Gasteiger partial charge in [-0.1, -0.05) is 6.58 Å². The van der Waals surface area contributed by atoms with Crippen LogP contribution in [0.1, 0.15) is 5.56 Å². The Labute approximate surface area is 144 Å². The molecule has 1 aromatic carbocycles. The zero-order chi connectivity index (χ0) is 17.0. The van der Waals surface area contributed by atoms with Crippen molar-refractivity contribution < 1.29 is 8.42 Å². The van der Waals surface area contributed by atoms with Crippen molar-refractivity contribution in [1.82, 2.24) is 9.97 Å². The summed E-state index contributed by atoms with van der Waals surface area (Å²) in [5, 5.41) is 5.17. The fraction of sp³-hybridized carbons (Fsp3) is 0. The first-order valence-electron chi connectivity index (χ1n) is 6.93. The zero-order valence-corrected chi connectivity index (χ0v) is 14.1. The molecule has 0 unspecified atom stereocenters. The maximum absolute atomic E-state index is 12.3. The summed E-state index contributed by atoms with van der Waals surface area (Å²) in [6.45, 7) is 3.96. The highest BCUT2D eigenvalue weighted by Gasteiger charge is 2.15. The molecule has 0 saturated carbocycles. The van der Waals surface area contributed by atoms with E-state index >= 15 is 0 Å². The normalized spacial score (nSPS) is 11.0. The Morgan fingerprint density at radius 1 is 1.04 bits per heavy atom. The molecule has 3 rings (SSSR count). The first-order chi connectivity index (χ1) is 11.5. The number of thiazole rings is 1. The quantitative estimate of drug-likeness (QED) is 0.705. The highest BCUT2D eigenvalue weighted by molar-refractivity contribution is 7.93. The van der Waals surface area contributed by atoms with E-state index in [-0.39, 0.29) is 4.90 Å². The minimum Gasteiger partial charge on any atom is -0.356 e. The Kier molecular flexibility index (Phi) is 4.59. The van der Waals surface area contributed by atoms with Crippen LogP contribution in [0.4, 0.5) is 10.8 Å². The zero-order valence-electron chi connectivity index (χ0n) is 12.5. The molecule has 2 N–H and O–H groups in total. The lowest BCUT2D eigenvalue weighted by Gasteiger charge is -2.10. The third-order valence-electron chi connectivity index (χ3n) is 3.14. The molecule has 2 heterocycles. The first kappa shape index (κ1) is 16.2. The van der Waals surface area contributed by atoms with Crippen molar-refractivity contribution >= 4 is 37.9 Å². The molecule has 0 aliphatic carbocycles. The third-order valence-corrected chi connectivity index (χ3v) is 5.32. The fourth-order valence-electron chi connectivity index (χ4n) is 1.96. The maximum Gasteiger partial charge on any atom is 0.263 e. The second-order valence-corrected chi connectivity index (χ2v) is 7.38. The van der Waals surface area contributed by atoms with Crippen LogP contribution in [0.25, 0.3) is 5.70 Å². The number of aromatic nitrogens is 2. The van der Waals surface area contributed by atoms with Crippen LogP contribution in [0.3, 0.4) is 0 Å². The molecule has 122 valence electrons. The fourth-order valence-corrected chi connectivity index (χ4v) is 3.75.